The molecule has 0 amide bonds. The molecule has 2 rings (SSSR count). The Balaban J connectivity index is 2.60. The Morgan fingerprint density at radius 3 is 2.26 bits per heavy atom. The van der Waals surface area contributed by atoms with Crippen LogP contribution in [0, 0.1) is 11.6 Å². The van der Waals surface area contributed by atoms with E-state index in [9.17, 15) is 13.6 Å². The van der Waals surface area contributed by atoms with Crippen molar-refractivity contribution in [1.29, 1.82) is 0 Å². The SMILES string of the molecule is O=C(O)c1cc(F)c(-c2ccc(Cl)c(Cl)c2)cc1F. The molecule has 2 aromatic carbocycles. The first kappa shape index (κ1) is 13.8. The number of carbonyl (C=O) groups is 1. The average molecular weight is 303 g/mol. The minimum absolute atomic E-state index is 0.0823. The first-order valence-electron chi connectivity index (χ1n) is 5.08. The Kier molecular flexibility index (Phi) is 3.73. The fourth-order valence-corrected chi connectivity index (χ4v) is 1.89. The maximum absolute atomic E-state index is 13.8. The lowest BCUT2D eigenvalue weighted by Gasteiger charge is -2.07. The van der Waals surface area contributed by atoms with Crippen LogP contribution in [0.3, 0.4) is 0 Å². The van der Waals surface area contributed by atoms with Gasteiger partial charge in [0.1, 0.15) is 11.6 Å². The molecule has 2 nitrogen and oxygen atoms in total. The predicted octanol–water partition coefficient (Wildman–Crippen LogP) is 4.64. The van der Waals surface area contributed by atoms with E-state index in [-0.39, 0.29) is 15.6 Å². The van der Waals surface area contributed by atoms with Crippen LogP contribution in [0.25, 0.3) is 11.1 Å². The van der Waals surface area contributed by atoms with Gasteiger partial charge in [-0.05, 0) is 29.8 Å². The molecule has 0 fully saturated rings. The summed E-state index contributed by atoms with van der Waals surface area (Å²) < 4.78 is 27.3. The van der Waals surface area contributed by atoms with Gasteiger partial charge in [-0.1, -0.05) is 29.3 Å². The molecule has 0 aliphatic rings. The lowest BCUT2D eigenvalue weighted by atomic mass is 10.0. The molecule has 0 radical (unpaired) electrons. The van der Waals surface area contributed by atoms with Gasteiger partial charge in [0, 0.05) is 5.56 Å². The third-order valence-electron chi connectivity index (χ3n) is 2.52. The van der Waals surface area contributed by atoms with Gasteiger partial charge in [-0.3, -0.25) is 0 Å². The number of rotatable bonds is 2. The second-order valence-electron chi connectivity index (χ2n) is 3.75. The van der Waals surface area contributed by atoms with E-state index in [2.05, 4.69) is 0 Å². The van der Waals surface area contributed by atoms with Gasteiger partial charge in [-0.15, -0.1) is 0 Å². The van der Waals surface area contributed by atoms with Crippen molar-refractivity contribution >= 4 is 29.2 Å². The number of hydrogen-bond acceptors (Lipinski definition) is 1. The second kappa shape index (κ2) is 5.15. The van der Waals surface area contributed by atoms with Gasteiger partial charge >= 0.3 is 5.97 Å². The standard InChI is InChI=1S/C13H6Cl2F2O2/c14-9-2-1-6(3-10(9)15)7-4-12(17)8(13(18)19)5-11(7)16/h1-5H,(H,18,19). The zero-order chi connectivity index (χ0) is 14.2. The lowest BCUT2D eigenvalue weighted by Crippen LogP contribution is -2.02. The molecular weight excluding hydrogens is 297 g/mol. The quantitative estimate of drug-likeness (QED) is 0.877. The topological polar surface area (TPSA) is 37.3 Å². The van der Waals surface area contributed by atoms with Crippen molar-refractivity contribution in [3.63, 3.8) is 0 Å². The van der Waals surface area contributed by atoms with Gasteiger partial charge in [0.25, 0.3) is 0 Å². The van der Waals surface area contributed by atoms with Crippen LogP contribution in [0.15, 0.2) is 30.3 Å². The fourth-order valence-electron chi connectivity index (χ4n) is 1.60. The van der Waals surface area contributed by atoms with E-state index in [4.69, 9.17) is 28.3 Å². The lowest BCUT2D eigenvalue weighted by molar-refractivity contribution is 0.0691. The summed E-state index contributed by atoms with van der Waals surface area (Å²) in [5, 5.41) is 9.17. The van der Waals surface area contributed by atoms with Crippen LogP contribution in [0.2, 0.25) is 10.0 Å². The summed E-state index contributed by atoms with van der Waals surface area (Å²) in [6.45, 7) is 0. The Labute approximate surface area is 117 Å². The molecule has 0 saturated heterocycles. The zero-order valence-corrected chi connectivity index (χ0v) is 10.8. The average Bonchev–Trinajstić information content (AvgIpc) is 2.35. The minimum Gasteiger partial charge on any atom is -0.478 e. The third kappa shape index (κ3) is 2.69. The summed E-state index contributed by atoms with van der Waals surface area (Å²) in [7, 11) is 0. The number of carboxylic acids is 1. The van der Waals surface area contributed by atoms with E-state index in [0.29, 0.717) is 11.6 Å². The van der Waals surface area contributed by atoms with E-state index < -0.39 is 23.2 Å². The third-order valence-corrected chi connectivity index (χ3v) is 3.26. The van der Waals surface area contributed by atoms with Crippen LogP contribution in [0.5, 0.6) is 0 Å². The summed E-state index contributed by atoms with van der Waals surface area (Å²) in [5.74, 6) is -3.40. The van der Waals surface area contributed by atoms with Crippen LogP contribution >= 0.6 is 23.2 Å². The van der Waals surface area contributed by atoms with Crippen molar-refractivity contribution in [2.24, 2.45) is 0 Å². The highest BCUT2D eigenvalue weighted by atomic mass is 35.5. The smallest absolute Gasteiger partial charge is 0.338 e. The van der Waals surface area contributed by atoms with E-state index >= 15 is 0 Å². The van der Waals surface area contributed by atoms with Gasteiger partial charge in [-0.25, -0.2) is 13.6 Å². The van der Waals surface area contributed by atoms with E-state index in [0.717, 1.165) is 6.07 Å². The Hall–Kier alpha value is -1.65. The number of halogens is 4. The van der Waals surface area contributed by atoms with Crippen molar-refractivity contribution in [1.82, 2.24) is 0 Å². The van der Waals surface area contributed by atoms with Crippen LogP contribution < -0.4 is 0 Å². The largest absolute Gasteiger partial charge is 0.478 e. The van der Waals surface area contributed by atoms with Gasteiger partial charge in [0.2, 0.25) is 0 Å². The molecule has 0 aromatic heterocycles. The maximum atomic E-state index is 13.8. The molecule has 0 heterocycles. The molecule has 19 heavy (non-hydrogen) atoms. The molecule has 0 aliphatic carbocycles. The van der Waals surface area contributed by atoms with Crippen molar-refractivity contribution < 1.29 is 18.7 Å². The summed E-state index contributed by atoms with van der Waals surface area (Å²) in [5.41, 5.74) is -0.495. The molecule has 0 atom stereocenters. The van der Waals surface area contributed by atoms with Gasteiger partial charge < -0.3 is 5.11 Å². The maximum Gasteiger partial charge on any atom is 0.338 e. The molecule has 0 saturated carbocycles. The van der Waals surface area contributed by atoms with Crippen LogP contribution in [-0.4, -0.2) is 11.1 Å². The van der Waals surface area contributed by atoms with Gasteiger partial charge in [0.15, 0.2) is 0 Å². The van der Waals surface area contributed by atoms with E-state index in [1.807, 2.05) is 0 Å². The second-order valence-corrected chi connectivity index (χ2v) is 4.56. The first-order chi connectivity index (χ1) is 8.90. The molecule has 1 N–H and O–H groups in total. The Bertz CT molecular complexity index is 672. The number of carboxylic acid groups (broad SMARTS) is 1. The molecule has 6 heteroatoms. The van der Waals surface area contributed by atoms with Crippen molar-refractivity contribution in [3.8, 4) is 11.1 Å². The molecular formula is C13H6Cl2F2O2. The molecule has 2 aromatic rings. The normalized spacial score (nSPS) is 10.5. The van der Waals surface area contributed by atoms with Crippen LogP contribution in [-0.2, 0) is 0 Å². The Morgan fingerprint density at radius 1 is 1.00 bits per heavy atom. The van der Waals surface area contributed by atoms with E-state index in [1.165, 1.54) is 18.2 Å². The number of aromatic carboxylic acids is 1. The molecule has 0 spiro atoms. The minimum atomic E-state index is -1.53. The van der Waals surface area contributed by atoms with Gasteiger partial charge in [-0.2, -0.15) is 0 Å². The van der Waals surface area contributed by atoms with Crippen LogP contribution in [0.1, 0.15) is 10.4 Å². The monoisotopic (exact) mass is 302 g/mol. The van der Waals surface area contributed by atoms with Crippen molar-refractivity contribution in [2.45, 2.75) is 0 Å². The Morgan fingerprint density at radius 2 is 1.68 bits per heavy atom. The summed E-state index contributed by atoms with van der Waals surface area (Å²) >= 11 is 11.5. The fraction of sp³-hybridized carbons (Fsp3) is 0. The molecule has 0 aliphatic heterocycles. The molecule has 0 unspecified atom stereocenters. The number of hydrogen-bond donors (Lipinski definition) is 1. The highest BCUT2D eigenvalue weighted by molar-refractivity contribution is 6.42. The molecule has 98 valence electrons. The van der Waals surface area contributed by atoms with E-state index in [1.54, 1.807) is 0 Å². The predicted molar refractivity (Wildman–Crippen MR) is 68.8 cm³/mol. The van der Waals surface area contributed by atoms with Crippen molar-refractivity contribution in [3.05, 3.63) is 57.6 Å². The first-order valence-corrected chi connectivity index (χ1v) is 5.83. The molecule has 0 bridgehead atoms. The summed E-state index contributed by atoms with van der Waals surface area (Å²) in [6, 6.07) is 5.74. The zero-order valence-electron chi connectivity index (χ0n) is 9.25. The summed E-state index contributed by atoms with van der Waals surface area (Å²) in [6.07, 6.45) is 0. The summed E-state index contributed by atoms with van der Waals surface area (Å²) in [4.78, 5) is 10.7. The van der Waals surface area contributed by atoms with Crippen LogP contribution in [0.4, 0.5) is 8.78 Å². The highest BCUT2D eigenvalue weighted by Gasteiger charge is 2.16. The van der Waals surface area contributed by atoms with Crippen molar-refractivity contribution in [2.75, 3.05) is 0 Å². The number of benzene rings is 2. The van der Waals surface area contributed by atoms with Gasteiger partial charge in [0.05, 0.1) is 15.6 Å². The highest BCUT2D eigenvalue weighted by Crippen LogP contribution is 2.31.